The van der Waals surface area contributed by atoms with E-state index in [-0.39, 0.29) is 23.5 Å². The van der Waals surface area contributed by atoms with Gasteiger partial charge in [-0.25, -0.2) is 8.42 Å². The Hall–Kier alpha value is -2.41. The minimum atomic E-state index is -2.97. The molecule has 1 aromatic heterocycles. The van der Waals surface area contributed by atoms with Crippen LogP contribution in [0.3, 0.4) is 0 Å². The van der Waals surface area contributed by atoms with E-state index in [2.05, 4.69) is 10.3 Å². The molecule has 2 aromatic rings. The van der Waals surface area contributed by atoms with E-state index in [0.29, 0.717) is 25.1 Å². The number of rotatable bonds is 6. The second-order valence-corrected chi connectivity index (χ2v) is 9.18. The van der Waals surface area contributed by atoms with Gasteiger partial charge in [0.25, 0.3) is 5.91 Å². The lowest BCUT2D eigenvalue weighted by molar-refractivity contribution is 0.0950. The Balaban J connectivity index is 1.71. The first-order chi connectivity index (χ1) is 12.9. The summed E-state index contributed by atoms with van der Waals surface area (Å²) >= 11 is 0. The van der Waals surface area contributed by atoms with E-state index < -0.39 is 9.84 Å². The number of amides is 1. The highest BCUT2D eigenvalue weighted by molar-refractivity contribution is 7.91. The molecule has 2 heterocycles. The molecule has 1 aliphatic heterocycles. The molecule has 1 amide bonds. The third-order valence-corrected chi connectivity index (χ3v) is 6.59. The predicted octanol–water partition coefficient (Wildman–Crippen LogP) is 2.33. The summed E-state index contributed by atoms with van der Waals surface area (Å²) in [6.45, 7) is 5.11. The number of pyridine rings is 1. The predicted molar refractivity (Wildman–Crippen MR) is 107 cm³/mol. The van der Waals surface area contributed by atoms with Crippen LogP contribution in [0.5, 0.6) is 0 Å². The molecule has 3 rings (SSSR count). The number of hydrogen-bond acceptors (Lipinski definition) is 5. The molecule has 1 aliphatic rings. The van der Waals surface area contributed by atoms with E-state index in [4.69, 9.17) is 0 Å². The minimum absolute atomic E-state index is 0.0626. The lowest BCUT2D eigenvalue weighted by Crippen LogP contribution is -2.36. The van der Waals surface area contributed by atoms with Crippen molar-refractivity contribution in [3.63, 3.8) is 0 Å². The standard InChI is InChI=1S/C20H25N3O3S/c1-3-23(18-7-8-27(25,26)14-18)19-10-17(12-21-13-19)20(24)22-11-16-6-4-5-15(2)9-16/h4-6,9-10,12-13,18H,3,7-8,11,14H2,1-2H3,(H,22,24). The zero-order chi connectivity index (χ0) is 19.4. The van der Waals surface area contributed by atoms with Crippen molar-refractivity contribution in [2.75, 3.05) is 23.0 Å². The third-order valence-electron chi connectivity index (χ3n) is 4.84. The minimum Gasteiger partial charge on any atom is -0.367 e. The number of benzene rings is 1. The molecule has 0 aliphatic carbocycles. The van der Waals surface area contributed by atoms with Crippen LogP contribution < -0.4 is 10.2 Å². The largest absolute Gasteiger partial charge is 0.367 e. The zero-order valence-electron chi connectivity index (χ0n) is 15.7. The second kappa shape index (κ2) is 8.08. The smallest absolute Gasteiger partial charge is 0.253 e. The Morgan fingerprint density at radius 3 is 2.78 bits per heavy atom. The molecule has 1 aromatic carbocycles. The van der Waals surface area contributed by atoms with Gasteiger partial charge in [-0.05, 0) is 31.9 Å². The van der Waals surface area contributed by atoms with Gasteiger partial charge in [0, 0.05) is 25.3 Å². The van der Waals surface area contributed by atoms with Gasteiger partial charge in [0.2, 0.25) is 0 Å². The summed E-state index contributed by atoms with van der Waals surface area (Å²) in [4.78, 5) is 18.7. The van der Waals surface area contributed by atoms with Crippen molar-refractivity contribution in [3.05, 3.63) is 59.4 Å². The van der Waals surface area contributed by atoms with Gasteiger partial charge in [-0.2, -0.15) is 0 Å². The lowest BCUT2D eigenvalue weighted by atomic mass is 10.1. The fourth-order valence-electron chi connectivity index (χ4n) is 3.49. The van der Waals surface area contributed by atoms with Crippen LogP contribution in [0.25, 0.3) is 0 Å². The average Bonchev–Trinajstić information content (AvgIpc) is 3.00. The fourth-order valence-corrected chi connectivity index (χ4v) is 5.22. The number of nitrogens with one attached hydrogen (secondary N) is 1. The Labute approximate surface area is 160 Å². The van der Waals surface area contributed by atoms with Gasteiger partial charge in [-0.1, -0.05) is 29.8 Å². The molecule has 0 bridgehead atoms. The number of sulfone groups is 1. The van der Waals surface area contributed by atoms with Gasteiger partial charge in [-0.15, -0.1) is 0 Å². The van der Waals surface area contributed by atoms with Gasteiger partial charge in [0.05, 0.1) is 29.0 Å². The number of carbonyl (C=O) groups is 1. The summed E-state index contributed by atoms with van der Waals surface area (Å²) in [5.74, 6) is 0.184. The first kappa shape index (κ1) is 19.4. The average molecular weight is 388 g/mol. The van der Waals surface area contributed by atoms with Crippen molar-refractivity contribution in [2.45, 2.75) is 32.9 Å². The summed E-state index contributed by atoms with van der Waals surface area (Å²) in [6, 6.07) is 9.71. The Bertz CT molecular complexity index is 928. The van der Waals surface area contributed by atoms with Crippen molar-refractivity contribution in [2.24, 2.45) is 0 Å². The Morgan fingerprint density at radius 2 is 2.11 bits per heavy atom. The zero-order valence-corrected chi connectivity index (χ0v) is 16.5. The molecular weight excluding hydrogens is 362 g/mol. The molecule has 0 saturated carbocycles. The molecule has 6 nitrogen and oxygen atoms in total. The molecule has 1 fully saturated rings. The van der Waals surface area contributed by atoms with Crippen LogP contribution in [0.1, 0.15) is 34.8 Å². The highest BCUT2D eigenvalue weighted by Crippen LogP contribution is 2.24. The fraction of sp³-hybridized carbons (Fsp3) is 0.400. The van der Waals surface area contributed by atoms with E-state index in [1.54, 1.807) is 12.3 Å². The van der Waals surface area contributed by atoms with Crippen molar-refractivity contribution < 1.29 is 13.2 Å². The monoisotopic (exact) mass is 387 g/mol. The Morgan fingerprint density at radius 1 is 1.30 bits per heavy atom. The van der Waals surface area contributed by atoms with Crippen molar-refractivity contribution >= 4 is 21.4 Å². The number of carbonyl (C=O) groups excluding carboxylic acids is 1. The normalized spacial score (nSPS) is 18.2. The van der Waals surface area contributed by atoms with E-state index >= 15 is 0 Å². The topological polar surface area (TPSA) is 79.4 Å². The first-order valence-electron chi connectivity index (χ1n) is 9.14. The Kier molecular flexibility index (Phi) is 5.79. The van der Waals surface area contributed by atoms with E-state index in [1.165, 1.54) is 6.20 Å². The third kappa shape index (κ3) is 4.86. The van der Waals surface area contributed by atoms with Crippen LogP contribution >= 0.6 is 0 Å². The summed E-state index contributed by atoms with van der Waals surface area (Å²) in [5, 5.41) is 2.92. The summed E-state index contributed by atoms with van der Waals surface area (Å²) < 4.78 is 23.6. The van der Waals surface area contributed by atoms with Gasteiger partial charge in [0.15, 0.2) is 9.84 Å². The SMILES string of the molecule is CCN(c1cncc(C(=O)NCc2cccc(C)c2)c1)C1CCS(=O)(=O)C1. The van der Waals surface area contributed by atoms with Gasteiger partial charge >= 0.3 is 0 Å². The maximum absolute atomic E-state index is 12.5. The quantitative estimate of drug-likeness (QED) is 0.823. The first-order valence-corrected chi connectivity index (χ1v) is 11.0. The van der Waals surface area contributed by atoms with Crippen LogP contribution in [0.4, 0.5) is 5.69 Å². The number of hydrogen-bond donors (Lipinski definition) is 1. The van der Waals surface area contributed by atoms with Gasteiger partial charge in [-0.3, -0.25) is 9.78 Å². The van der Waals surface area contributed by atoms with Crippen molar-refractivity contribution in [1.29, 1.82) is 0 Å². The van der Waals surface area contributed by atoms with E-state index in [9.17, 15) is 13.2 Å². The lowest BCUT2D eigenvalue weighted by Gasteiger charge is -2.29. The van der Waals surface area contributed by atoms with E-state index in [1.807, 2.05) is 43.0 Å². The van der Waals surface area contributed by atoms with Gasteiger partial charge < -0.3 is 10.2 Å². The molecule has 0 radical (unpaired) electrons. The van der Waals surface area contributed by atoms with Crippen LogP contribution in [0.15, 0.2) is 42.7 Å². The maximum Gasteiger partial charge on any atom is 0.253 e. The number of aryl methyl sites for hydroxylation is 1. The molecule has 27 heavy (non-hydrogen) atoms. The van der Waals surface area contributed by atoms with Crippen molar-refractivity contribution in [1.82, 2.24) is 10.3 Å². The van der Waals surface area contributed by atoms with Gasteiger partial charge in [0.1, 0.15) is 0 Å². The maximum atomic E-state index is 12.5. The van der Waals surface area contributed by atoms with Crippen LogP contribution in [-0.2, 0) is 16.4 Å². The second-order valence-electron chi connectivity index (χ2n) is 6.95. The molecule has 0 spiro atoms. The van der Waals surface area contributed by atoms with Crippen LogP contribution in [0, 0.1) is 6.92 Å². The summed E-state index contributed by atoms with van der Waals surface area (Å²) in [5.41, 5.74) is 3.44. The summed E-state index contributed by atoms with van der Waals surface area (Å²) in [6.07, 6.45) is 3.83. The molecule has 1 atom stereocenters. The molecule has 144 valence electrons. The van der Waals surface area contributed by atoms with Crippen LogP contribution in [0.2, 0.25) is 0 Å². The highest BCUT2D eigenvalue weighted by atomic mass is 32.2. The molecule has 1 saturated heterocycles. The summed E-state index contributed by atoms with van der Waals surface area (Å²) in [7, 11) is -2.97. The van der Waals surface area contributed by atoms with E-state index in [0.717, 1.165) is 16.8 Å². The number of aromatic nitrogens is 1. The van der Waals surface area contributed by atoms with Crippen molar-refractivity contribution in [3.8, 4) is 0 Å². The molecule has 1 N–H and O–H groups in total. The number of nitrogens with zero attached hydrogens (tertiary/aromatic N) is 2. The number of anilines is 1. The van der Waals surface area contributed by atoms with Crippen LogP contribution in [-0.4, -0.2) is 43.4 Å². The molecule has 1 unspecified atom stereocenters. The highest BCUT2D eigenvalue weighted by Gasteiger charge is 2.32. The molecular formula is C20H25N3O3S. The molecule has 7 heteroatoms.